The van der Waals surface area contributed by atoms with Gasteiger partial charge >= 0.3 is 0 Å². The van der Waals surface area contributed by atoms with E-state index in [1.807, 2.05) is 0 Å². The quantitative estimate of drug-likeness (QED) is 0.128. The Bertz CT molecular complexity index is 3200. The van der Waals surface area contributed by atoms with Gasteiger partial charge in [-0.05, 0) is 127 Å². The van der Waals surface area contributed by atoms with E-state index in [4.69, 9.17) is 0 Å². The molecule has 0 spiro atoms. The molecule has 0 unspecified atom stereocenters. The lowest BCUT2D eigenvalue weighted by molar-refractivity contribution is 1.64. The van der Waals surface area contributed by atoms with Crippen molar-refractivity contribution in [1.82, 2.24) is 0 Å². The Balaban J connectivity index is 1.10. The van der Waals surface area contributed by atoms with Gasteiger partial charge in [-0.2, -0.15) is 0 Å². The summed E-state index contributed by atoms with van der Waals surface area (Å²) in [6.45, 7) is 0. The highest BCUT2D eigenvalue weighted by atomic mass is 14.2. The van der Waals surface area contributed by atoms with Gasteiger partial charge in [0.05, 0.1) is 0 Å². The average molecular weight is 683 g/mol. The number of rotatable bonds is 4. The van der Waals surface area contributed by atoms with Gasteiger partial charge in [0.25, 0.3) is 0 Å². The van der Waals surface area contributed by atoms with Gasteiger partial charge in [0.1, 0.15) is 0 Å². The third kappa shape index (κ3) is 4.78. The van der Waals surface area contributed by atoms with Crippen LogP contribution in [0, 0.1) is 0 Å². The van der Waals surface area contributed by atoms with E-state index in [2.05, 4.69) is 206 Å². The lowest BCUT2D eigenvalue weighted by Crippen LogP contribution is -1.92. The summed E-state index contributed by atoms with van der Waals surface area (Å²) in [5.74, 6) is 0. The van der Waals surface area contributed by atoms with Gasteiger partial charge in [-0.3, -0.25) is 0 Å². The maximum Gasteiger partial charge on any atom is -0.00201 e. The van der Waals surface area contributed by atoms with E-state index in [9.17, 15) is 0 Å². The van der Waals surface area contributed by atoms with Crippen LogP contribution in [0.5, 0.6) is 0 Å². The molecule has 0 aliphatic heterocycles. The Labute approximate surface area is 314 Å². The predicted octanol–water partition coefficient (Wildman–Crippen LogP) is 15.3. The molecular weight excluding hydrogens is 649 g/mol. The molecule has 11 aromatic carbocycles. The number of hydrogen-bond acceptors (Lipinski definition) is 0. The molecule has 0 amide bonds. The summed E-state index contributed by atoms with van der Waals surface area (Å²) >= 11 is 0. The van der Waals surface area contributed by atoms with Crippen LogP contribution < -0.4 is 0 Å². The first-order chi connectivity index (χ1) is 26.8. The molecule has 0 radical (unpaired) electrons. The van der Waals surface area contributed by atoms with Crippen LogP contribution in [-0.4, -0.2) is 0 Å². The zero-order valence-electron chi connectivity index (χ0n) is 29.6. The molecule has 0 N–H and O–H groups in total. The van der Waals surface area contributed by atoms with E-state index >= 15 is 0 Å². The van der Waals surface area contributed by atoms with E-state index in [0.717, 1.165) is 0 Å². The molecule has 11 rings (SSSR count). The summed E-state index contributed by atoms with van der Waals surface area (Å²) in [6, 6.07) is 76.1. The zero-order valence-corrected chi connectivity index (χ0v) is 29.6. The Morgan fingerprint density at radius 3 is 1.28 bits per heavy atom. The van der Waals surface area contributed by atoms with Crippen LogP contribution in [-0.2, 0) is 0 Å². The molecule has 0 aliphatic carbocycles. The predicted molar refractivity (Wildman–Crippen MR) is 233 cm³/mol. The van der Waals surface area contributed by atoms with Crippen LogP contribution in [0.2, 0.25) is 0 Å². The first-order valence-corrected chi connectivity index (χ1v) is 18.8. The van der Waals surface area contributed by atoms with Crippen LogP contribution in [0.1, 0.15) is 0 Å². The Morgan fingerprint density at radius 2 is 0.630 bits per heavy atom. The van der Waals surface area contributed by atoms with Crippen molar-refractivity contribution >= 4 is 64.6 Å². The Hall–Kier alpha value is -7.02. The van der Waals surface area contributed by atoms with Gasteiger partial charge in [0, 0.05) is 0 Å². The van der Waals surface area contributed by atoms with E-state index in [1.165, 1.54) is 109 Å². The molecule has 250 valence electrons. The molecule has 0 fully saturated rings. The number of fused-ring (bicyclic) bond motifs is 7. The Morgan fingerprint density at radius 1 is 0.185 bits per heavy atom. The molecule has 0 bridgehead atoms. The van der Waals surface area contributed by atoms with Gasteiger partial charge in [0.15, 0.2) is 0 Å². The van der Waals surface area contributed by atoms with Crippen molar-refractivity contribution in [1.29, 1.82) is 0 Å². The smallest absolute Gasteiger partial charge is 0.00201 e. The summed E-state index contributed by atoms with van der Waals surface area (Å²) in [5, 5.41) is 15.2. The van der Waals surface area contributed by atoms with Crippen LogP contribution >= 0.6 is 0 Å². The van der Waals surface area contributed by atoms with Gasteiger partial charge in [-0.25, -0.2) is 0 Å². The lowest BCUT2D eigenvalue weighted by Gasteiger charge is -2.20. The van der Waals surface area contributed by atoms with Crippen LogP contribution in [0.25, 0.3) is 109 Å². The topological polar surface area (TPSA) is 0 Å². The second-order valence-corrected chi connectivity index (χ2v) is 14.4. The van der Waals surface area contributed by atoms with E-state index in [1.54, 1.807) is 0 Å². The highest BCUT2D eigenvalue weighted by Gasteiger charge is 2.19. The van der Waals surface area contributed by atoms with Crippen LogP contribution in [0.15, 0.2) is 206 Å². The minimum absolute atomic E-state index is 1.23. The van der Waals surface area contributed by atoms with Gasteiger partial charge in [0.2, 0.25) is 0 Å². The van der Waals surface area contributed by atoms with Gasteiger partial charge < -0.3 is 0 Å². The fourth-order valence-corrected chi connectivity index (χ4v) is 8.98. The Kier molecular flexibility index (Phi) is 6.97. The molecular formula is C54H34. The molecule has 0 nitrogen and oxygen atoms in total. The summed E-state index contributed by atoms with van der Waals surface area (Å²) in [6.07, 6.45) is 0. The van der Waals surface area contributed by atoms with Crippen LogP contribution in [0.3, 0.4) is 0 Å². The van der Waals surface area contributed by atoms with E-state index in [-0.39, 0.29) is 0 Å². The monoisotopic (exact) mass is 682 g/mol. The van der Waals surface area contributed by atoms with Gasteiger partial charge in [-0.1, -0.05) is 188 Å². The molecule has 11 aromatic rings. The fraction of sp³-hybridized carbons (Fsp3) is 0. The molecule has 0 atom stereocenters. The molecule has 54 heavy (non-hydrogen) atoms. The summed E-state index contributed by atoms with van der Waals surface area (Å²) in [4.78, 5) is 0. The van der Waals surface area contributed by atoms with Crippen molar-refractivity contribution < 1.29 is 0 Å². The van der Waals surface area contributed by atoms with Crippen molar-refractivity contribution in [2.45, 2.75) is 0 Å². The standard InChI is InChI=1S/C54H34/c1-2-14-35(15-3-1)42-30-31-51(45-20-8-6-19-44(42)45)54-49-24-12-10-22-47(49)53(48-23-11-13-25-50(48)54)40-29-27-36-32-39(28-26-37(36)33-40)52-34-38-16-4-5-17-41(38)43-18-7-9-21-46(43)52/h1-34H. The SMILES string of the molecule is c1ccc(-c2ccc(-c3c4ccccc4c(-c4ccc5cc(-c6cc7ccccc7c7ccccc67)ccc5c4)c4ccccc34)c3ccccc23)cc1. The largest absolute Gasteiger partial charge is 0.0622 e. The van der Waals surface area contributed by atoms with Crippen molar-refractivity contribution in [3.8, 4) is 44.5 Å². The van der Waals surface area contributed by atoms with Crippen molar-refractivity contribution in [2.75, 3.05) is 0 Å². The second kappa shape index (κ2) is 12.3. The second-order valence-electron chi connectivity index (χ2n) is 14.4. The first kappa shape index (κ1) is 30.6. The maximum atomic E-state index is 2.38. The number of benzene rings is 11. The average Bonchev–Trinajstić information content (AvgIpc) is 3.25. The highest BCUT2D eigenvalue weighted by Crippen LogP contribution is 2.47. The molecule has 0 saturated carbocycles. The summed E-state index contributed by atoms with van der Waals surface area (Å²) in [7, 11) is 0. The van der Waals surface area contributed by atoms with Crippen molar-refractivity contribution in [3.63, 3.8) is 0 Å². The van der Waals surface area contributed by atoms with E-state index in [0.29, 0.717) is 0 Å². The third-order valence-electron chi connectivity index (χ3n) is 11.4. The molecule has 0 heteroatoms. The molecule has 0 saturated heterocycles. The molecule has 0 aromatic heterocycles. The minimum atomic E-state index is 1.23. The molecule has 0 heterocycles. The van der Waals surface area contributed by atoms with Crippen molar-refractivity contribution in [2.24, 2.45) is 0 Å². The van der Waals surface area contributed by atoms with E-state index < -0.39 is 0 Å². The first-order valence-electron chi connectivity index (χ1n) is 18.8. The fourth-order valence-electron chi connectivity index (χ4n) is 8.98. The van der Waals surface area contributed by atoms with Crippen LogP contribution in [0.4, 0.5) is 0 Å². The maximum absolute atomic E-state index is 2.38. The van der Waals surface area contributed by atoms with Crippen molar-refractivity contribution in [3.05, 3.63) is 206 Å². The normalized spacial score (nSPS) is 11.7. The number of hydrogen-bond donors (Lipinski definition) is 0. The minimum Gasteiger partial charge on any atom is -0.0622 e. The summed E-state index contributed by atoms with van der Waals surface area (Å²) < 4.78 is 0. The molecule has 0 aliphatic rings. The van der Waals surface area contributed by atoms with Gasteiger partial charge in [-0.15, -0.1) is 0 Å². The highest BCUT2D eigenvalue weighted by molar-refractivity contribution is 6.24. The summed E-state index contributed by atoms with van der Waals surface area (Å²) in [5.41, 5.74) is 10.1. The zero-order chi connectivity index (χ0) is 35.6. The third-order valence-corrected chi connectivity index (χ3v) is 11.4. The lowest BCUT2D eigenvalue weighted by atomic mass is 9.83.